The van der Waals surface area contributed by atoms with Gasteiger partial charge in [0.25, 0.3) is 5.91 Å². The molecule has 1 aromatic heterocycles. The highest BCUT2D eigenvalue weighted by molar-refractivity contribution is 5.96. The van der Waals surface area contributed by atoms with Gasteiger partial charge in [-0.05, 0) is 37.1 Å². The van der Waals surface area contributed by atoms with E-state index >= 15 is 0 Å². The summed E-state index contributed by atoms with van der Waals surface area (Å²) in [6.07, 6.45) is 0.493. The number of hydrogen-bond acceptors (Lipinski definition) is 5. The Hall–Kier alpha value is -2.96. The number of nitrogens with zero attached hydrogens (tertiary/aromatic N) is 1. The minimum absolute atomic E-state index is 0.0147. The van der Waals surface area contributed by atoms with Crippen molar-refractivity contribution >= 4 is 16.9 Å². The van der Waals surface area contributed by atoms with Crippen LogP contribution >= 0.6 is 0 Å². The topological polar surface area (TPSA) is 71.8 Å². The fourth-order valence-corrected chi connectivity index (χ4v) is 3.93. The summed E-state index contributed by atoms with van der Waals surface area (Å²) in [4.78, 5) is 27.0. The van der Waals surface area contributed by atoms with Crippen LogP contribution in [-0.2, 0) is 17.8 Å². The molecule has 6 heteroatoms. The number of ether oxygens (including phenoxy) is 1. The lowest BCUT2D eigenvalue weighted by molar-refractivity contribution is -0.0704. The van der Waals surface area contributed by atoms with E-state index in [0.29, 0.717) is 12.1 Å². The van der Waals surface area contributed by atoms with E-state index < -0.39 is 11.5 Å². The molecule has 1 saturated heterocycles. The molecule has 2 heterocycles. The SMILES string of the molecule is CC1CN(Cc2ccc(CNC(=O)c3cc4ccccc4oc3=O)cc2)CC(C)O1. The molecular weight excluding hydrogens is 380 g/mol. The van der Waals surface area contributed by atoms with Crippen LogP contribution in [0.3, 0.4) is 0 Å². The molecule has 0 radical (unpaired) electrons. The molecular formula is C24H26N2O4. The summed E-state index contributed by atoms with van der Waals surface area (Å²) in [6.45, 7) is 7.28. The number of para-hydroxylation sites is 1. The molecule has 1 fully saturated rings. The first-order valence-corrected chi connectivity index (χ1v) is 10.2. The summed E-state index contributed by atoms with van der Waals surface area (Å²) in [5, 5.41) is 3.53. The van der Waals surface area contributed by atoms with Crippen LogP contribution in [0.2, 0.25) is 0 Å². The minimum atomic E-state index is -0.629. The van der Waals surface area contributed by atoms with Crippen LogP contribution in [0, 0.1) is 0 Å². The molecule has 30 heavy (non-hydrogen) atoms. The van der Waals surface area contributed by atoms with Gasteiger partial charge in [0, 0.05) is 31.6 Å². The van der Waals surface area contributed by atoms with Gasteiger partial charge in [-0.3, -0.25) is 9.69 Å². The Bertz CT molecular complexity index is 1080. The molecule has 6 nitrogen and oxygen atoms in total. The van der Waals surface area contributed by atoms with Crippen LogP contribution in [-0.4, -0.2) is 36.1 Å². The molecule has 0 spiro atoms. The predicted molar refractivity (Wildman–Crippen MR) is 115 cm³/mol. The molecule has 0 saturated carbocycles. The predicted octanol–water partition coefficient (Wildman–Crippen LogP) is 3.33. The molecule has 2 atom stereocenters. The largest absolute Gasteiger partial charge is 0.422 e. The third-order valence-corrected chi connectivity index (χ3v) is 5.26. The van der Waals surface area contributed by atoms with E-state index in [2.05, 4.69) is 36.2 Å². The zero-order chi connectivity index (χ0) is 21.1. The lowest BCUT2D eigenvalue weighted by Crippen LogP contribution is -2.44. The highest BCUT2D eigenvalue weighted by Gasteiger charge is 2.22. The minimum Gasteiger partial charge on any atom is -0.422 e. The number of carbonyl (C=O) groups is 1. The number of rotatable bonds is 5. The molecule has 3 aromatic rings. The normalized spacial score (nSPS) is 19.7. The van der Waals surface area contributed by atoms with Crippen LogP contribution in [0.5, 0.6) is 0 Å². The monoisotopic (exact) mass is 406 g/mol. The van der Waals surface area contributed by atoms with E-state index in [1.54, 1.807) is 18.2 Å². The van der Waals surface area contributed by atoms with Crippen molar-refractivity contribution in [2.24, 2.45) is 0 Å². The molecule has 0 bridgehead atoms. The van der Waals surface area contributed by atoms with Gasteiger partial charge in [0.05, 0.1) is 12.2 Å². The van der Waals surface area contributed by atoms with Gasteiger partial charge in [0.15, 0.2) is 0 Å². The van der Waals surface area contributed by atoms with Gasteiger partial charge in [-0.2, -0.15) is 0 Å². The Labute approximate surface area is 175 Å². The van der Waals surface area contributed by atoms with Crippen molar-refractivity contribution in [3.63, 3.8) is 0 Å². The zero-order valence-corrected chi connectivity index (χ0v) is 17.3. The standard InChI is InChI=1S/C24H26N2O4/c1-16-13-26(14-17(2)29-16)15-19-9-7-18(8-10-19)12-25-23(27)21-11-20-5-3-4-6-22(20)30-24(21)28/h3-11,16-17H,12-15H2,1-2H3,(H,25,27). The highest BCUT2D eigenvalue weighted by atomic mass is 16.5. The number of hydrogen-bond donors (Lipinski definition) is 1. The fourth-order valence-electron chi connectivity index (χ4n) is 3.93. The first kappa shape index (κ1) is 20.3. The van der Waals surface area contributed by atoms with Crippen LogP contribution in [0.25, 0.3) is 11.0 Å². The second kappa shape index (κ2) is 8.81. The van der Waals surface area contributed by atoms with Crippen LogP contribution in [0.1, 0.15) is 35.3 Å². The molecule has 2 unspecified atom stereocenters. The lowest BCUT2D eigenvalue weighted by Gasteiger charge is -2.35. The molecule has 0 aliphatic carbocycles. The number of carbonyl (C=O) groups excluding carboxylic acids is 1. The molecule has 1 aliphatic rings. The van der Waals surface area contributed by atoms with E-state index in [1.165, 1.54) is 5.56 Å². The number of fused-ring (bicyclic) bond motifs is 1. The summed E-state index contributed by atoms with van der Waals surface area (Å²) in [6, 6.07) is 16.9. The molecule has 4 rings (SSSR count). The Morgan fingerprint density at radius 1 is 1.03 bits per heavy atom. The first-order valence-electron chi connectivity index (χ1n) is 10.2. The highest BCUT2D eigenvalue weighted by Crippen LogP contribution is 2.15. The number of morpholine rings is 1. The van der Waals surface area contributed by atoms with Gasteiger partial charge < -0.3 is 14.5 Å². The Morgan fingerprint density at radius 3 is 2.43 bits per heavy atom. The molecule has 156 valence electrons. The second-order valence-electron chi connectivity index (χ2n) is 7.94. The lowest BCUT2D eigenvalue weighted by atomic mass is 10.1. The third kappa shape index (κ3) is 4.78. The summed E-state index contributed by atoms with van der Waals surface area (Å²) >= 11 is 0. The molecule has 2 aromatic carbocycles. The maximum Gasteiger partial charge on any atom is 0.349 e. The van der Waals surface area contributed by atoms with E-state index in [4.69, 9.17) is 9.15 Å². The molecule has 1 N–H and O–H groups in total. The van der Waals surface area contributed by atoms with Crippen molar-refractivity contribution in [2.45, 2.75) is 39.1 Å². The quantitative estimate of drug-likeness (QED) is 0.658. The molecule has 1 amide bonds. The Kier molecular flexibility index (Phi) is 5.97. The third-order valence-electron chi connectivity index (χ3n) is 5.26. The van der Waals surface area contributed by atoms with Crippen LogP contribution in [0.15, 0.2) is 63.8 Å². The Morgan fingerprint density at radius 2 is 1.70 bits per heavy atom. The maximum absolute atomic E-state index is 12.5. The van der Waals surface area contributed by atoms with Gasteiger partial charge in [-0.25, -0.2) is 4.79 Å². The van der Waals surface area contributed by atoms with Gasteiger partial charge in [0.1, 0.15) is 11.1 Å². The first-order chi connectivity index (χ1) is 14.5. The van der Waals surface area contributed by atoms with Gasteiger partial charge >= 0.3 is 5.63 Å². The van der Waals surface area contributed by atoms with Gasteiger partial charge in [-0.15, -0.1) is 0 Å². The number of nitrogens with one attached hydrogen (secondary N) is 1. The summed E-state index contributed by atoms with van der Waals surface area (Å²) in [5.41, 5.74) is 2.05. The van der Waals surface area contributed by atoms with Crippen molar-refractivity contribution in [3.8, 4) is 0 Å². The summed E-state index contributed by atoms with van der Waals surface area (Å²) in [5.74, 6) is -0.435. The fraction of sp³-hybridized carbons (Fsp3) is 0.333. The summed E-state index contributed by atoms with van der Waals surface area (Å²) in [7, 11) is 0. The van der Waals surface area contributed by atoms with Crippen LogP contribution < -0.4 is 10.9 Å². The van der Waals surface area contributed by atoms with E-state index in [9.17, 15) is 9.59 Å². The average Bonchev–Trinajstić information content (AvgIpc) is 2.72. The van der Waals surface area contributed by atoms with Crippen LogP contribution in [0.4, 0.5) is 0 Å². The van der Waals surface area contributed by atoms with Crippen molar-refractivity contribution < 1.29 is 13.9 Å². The van der Waals surface area contributed by atoms with Gasteiger partial charge in [-0.1, -0.05) is 42.5 Å². The Balaban J connectivity index is 1.36. The zero-order valence-electron chi connectivity index (χ0n) is 17.3. The second-order valence-corrected chi connectivity index (χ2v) is 7.94. The van der Waals surface area contributed by atoms with Crippen molar-refractivity contribution in [1.82, 2.24) is 10.2 Å². The van der Waals surface area contributed by atoms with E-state index in [0.717, 1.165) is 30.6 Å². The van der Waals surface area contributed by atoms with E-state index in [-0.39, 0.29) is 17.8 Å². The summed E-state index contributed by atoms with van der Waals surface area (Å²) < 4.78 is 11.0. The van der Waals surface area contributed by atoms with Crippen molar-refractivity contribution in [3.05, 3.63) is 81.7 Å². The smallest absolute Gasteiger partial charge is 0.349 e. The number of benzene rings is 2. The van der Waals surface area contributed by atoms with Crippen molar-refractivity contribution in [2.75, 3.05) is 13.1 Å². The average molecular weight is 406 g/mol. The van der Waals surface area contributed by atoms with Crippen molar-refractivity contribution in [1.29, 1.82) is 0 Å². The van der Waals surface area contributed by atoms with E-state index in [1.807, 2.05) is 24.3 Å². The van der Waals surface area contributed by atoms with Gasteiger partial charge in [0.2, 0.25) is 0 Å². The number of amides is 1. The maximum atomic E-state index is 12.5. The molecule has 1 aliphatic heterocycles.